The van der Waals surface area contributed by atoms with E-state index in [-0.39, 0.29) is 23.9 Å². The van der Waals surface area contributed by atoms with Gasteiger partial charge in [-0.25, -0.2) is 0 Å². The van der Waals surface area contributed by atoms with Gasteiger partial charge in [0.2, 0.25) is 0 Å². The summed E-state index contributed by atoms with van der Waals surface area (Å²) in [7, 11) is 0. The first-order valence-corrected chi connectivity index (χ1v) is 7.20. The maximum atomic E-state index is 9.85. The molecule has 0 radical (unpaired) electrons. The van der Waals surface area contributed by atoms with Gasteiger partial charge in [0.15, 0.2) is 11.5 Å². The van der Waals surface area contributed by atoms with Crippen molar-refractivity contribution in [2.24, 2.45) is 0 Å². The number of hydrogen-bond donors (Lipinski definition) is 3. The summed E-state index contributed by atoms with van der Waals surface area (Å²) in [5.74, 6) is 0.318. The summed E-state index contributed by atoms with van der Waals surface area (Å²) in [4.78, 5) is 0. The van der Waals surface area contributed by atoms with Gasteiger partial charge < -0.3 is 27.9 Å². The van der Waals surface area contributed by atoms with E-state index >= 15 is 0 Å². The van der Waals surface area contributed by atoms with Crippen LogP contribution in [-0.4, -0.2) is 16.3 Å². The van der Waals surface area contributed by atoms with Gasteiger partial charge in [-0.15, -0.1) is 0 Å². The van der Waals surface area contributed by atoms with Crippen molar-refractivity contribution in [1.82, 2.24) is 0 Å². The Morgan fingerprint density at radius 2 is 1.71 bits per heavy atom. The zero-order valence-electron chi connectivity index (χ0n) is 11.6. The molecule has 0 saturated heterocycles. The van der Waals surface area contributed by atoms with Crippen molar-refractivity contribution in [3.63, 3.8) is 0 Å². The molecule has 2 aromatic carbocycles. The summed E-state index contributed by atoms with van der Waals surface area (Å²) in [5, 5.41) is 22.0. The highest BCUT2D eigenvalue weighted by Crippen LogP contribution is 2.42. The van der Waals surface area contributed by atoms with Crippen LogP contribution in [0.3, 0.4) is 0 Å². The van der Waals surface area contributed by atoms with Crippen LogP contribution in [0.4, 0.5) is 0 Å². The van der Waals surface area contributed by atoms with Crippen LogP contribution in [-0.2, 0) is 13.0 Å². The van der Waals surface area contributed by atoms with Gasteiger partial charge in [-0.2, -0.15) is 0 Å². The first-order chi connectivity index (χ1) is 9.74. The second-order valence-corrected chi connectivity index (χ2v) is 5.86. The fourth-order valence-electron chi connectivity index (χ4n) is 3.82. The van der Waals surface area contributed by atoms with Gasteiger partial charge >= 0.3 is 0 Å². The Hall–Kier alpha value is -1.71. The summed E-state index contributed by atoms with van der Waals surface area (Å²) in [6, 6.07) is 12.6. The van der Waals surface area contributed by atoms with Crippen LogP contribution >= 0.6 is 0 Å². The molecule has 0 fully saturated rings. The molecule has 2 atom stereocenters. The molecule has 2 aliphatic rings. The third kappa shape index (κ3) is 2.17. The lowest BCUT2D eigenvalue weighted by molar-refractivity contribution is -0.711. The number of halogens is 1. The molecule has 3 nitrogen and oxygen atoms in total. The monoisotopic (exact) mass is 303 g/mol. The van der Waals surface area contributed by atoms with E-state index in [2.05, 4.69) is 29.6 Å². The van der Waals surface area contributed by atoms with Gasteiger partial charge in [-0.3, -0.25) is 0 Å². The zero-order chi connectivity index (χ0) is 13.7. The summed E-state index contributed by atoms with van der Waals surface area (Å²) in [6.07, 6.45) is 2.10. The number of aromatic hydroxyl groups is 2. The summed E-state index contributed by atoms with van der Waals surface area (Å²) in [5.41, 5.74) is 5.12. The Kier molecular flexibility index (Phi) is 3.56. The molecule has 4 N–H and O–H groups in total. The van der Waals surface area contributed by atoms with E-state index in [1.54, 1.807) is 12.1 Å². The van der Waals surface area contributed by atoms with Gasteiger partial charge in [0, 0.05) is 12.0 Å². The molecule has 1 heterocycles. The van der Waals surface area contributed by atoms with Crippen molar-refractivity contribution in [2.45, 2.75) is 31.3 Å². The Bertz CT molecular complexity index is 686. The van der Waals surface area contributed by atoms with Gasteiger partial charge in [0.1, 0.15) is 6.54 Å². The third-order valence-electron chi connectivity index (χ3n) is 4.78. The second kappa shape index (κ2) is 5.24. The van der Waals surface area contributed by atoms with Crippen molar-refractivity contribution in [3.05, 3.63) is 58.7 Å². The normalized spacial score (nSPS) is 22.5. The molecule has 4 rings (SSSR count). The lowest BCUT2D eigenvalue weighted by Crippen LogP contribution is -3.00. The van der Waals surface area contributed by atoms with Crippen LogP contribution in [0.1, 0.15) is 34.6 Å². The maximum Gasteiger partial charge on any atom is 0.157 e. The summed E-state index contributed by atoms with van der Waals surface area (Å²) >= 11 is 0. The van der Waals surface area contributed by atoms with Crippen molar-refractivity contribution in [2.75, 3.05) is 0 Å². The average molecular weight is 304 g/mol. The number of nitrogens with two attached hydrogens (primary N) is 1. The lowest BCUT2D eigenvalue weighted by atomic mass is 9.72. The van der Waals surface area contributed by atoms with Gasteiger partial charge in [0.05, 0.1) is 12.0 Å². The Labute approximate surface area is 130 Å². The number of rotatable bonds is 0. The Balaban J connectivity index is 0.00000132. The van der Waals surface area contributed by atoms with Gasteiger partial charge in [0.25, 0.3) is 0 Å². The van der Waals surface area contributed by atoms with Crippen molar-refractivity contribution in [3.8, 4) is 11.5 Å². The number of phenols is 2. The molecule has 1 aliphatic carbocycles. The second-order valence-electron chi connectivity index (χ2n) is 5.86. The first kappa shape index (κ1) is 14.2. The fourth-order valence-corrected chi connectivity index (χ4v) is 3.82. The number of fused-ring (bicyclic) bond motifs is 5. The number of quaternary nitrogens is 1. The van der Waals surface area contributed by atoms with Crippen LogP contribution in [0.5, 0.6) is 11.5 Å². The molecular formula is C17H18ClNO2. The van der Waals surface area contributed by atoms with Crippen LogP contribution in [0, 0.1) is 0 Å². The predicted octanol–water partition coefficient (Wildman–Crippen LogP) is -1.37. The quantitative estimate of drug-likeness (QED) is 0.526. The highest BCUT2D eigenvalue weighted by atomic mass is 35.5. The number of benzene rings is 2. The molecule has 4 heteroatoms. The third-order valence-corrected chi connectivity index (χ3v) is 4.78. The van der Waals surface area contributed by atoms with E-state index < -0.39 is 0 Å². The summed E-state index contributed by atoms with van der Waals surface area (Å²) in [6.45, 7) is 1.04. The molecule has 110 valence electrons. The lowest BCUT2D eigenvalue weighted by Gasteiger charge is -2.36. The van der Waals surface area contributed by atoms with Crippen molar-refractivity contribution < 1.29 is 27.9 Å². The van der Waals surface area contributed by atoms with E-state index in [9.17, 15) is 10.2 Å². The fraction of sp³-hybridized carbons (Fsp3) is 0.294. The van der Waals surface area contributed by atoms with Crippen LogP contribution in [0.2, 0.25) is 0 Å². The topological polar surface area (TPSA) is 57.1 Å². The van der Waals surface area contributed by atoms with Crippen LogP contribution < -0.4 is 17.7 Å². The van der Waals surface area contributed by atoms with Gasteiger partial charge in [-0.1, -0.05) is 24.3 Å². The minimum atomic E-state index is -0.00699. The van der Waals surface area contributed by atoms with E-state index in [0.29, 0.717) is 12.0 Å². The first-order valence-electron chi connectivity index (χ1n) is 7.20. The van der Waals surface area contributed by atoms with E-state index in [1.165, 1.54) is 22.3 Å². The van der Waals surface area contributed by atoms with E-state index in [4.69, 9.17) is 0 Å². The maximum absolute atomic E-state index is 9.85. The highest BCUT2D eigenvalue weighted by Gasteiger charge is 2.38. The smallest absolute Gasteiger partial charge is 0.157 e. The molecule has 0 amide bonds. The van der Waals surface area contributed by atoms with E-state index in [0.717, 1.165) is 19.4 Å². The highest BCUT2D eigenvalue weighted by molar-refractivity contribution is 5.52. The van der Waals surface area contributed by atoms with Crippen LogP contribution in [0.25, 0.3) is 0 Å². The molecule has 2 aromatic rings. The molecule has 0 bridgehead atoms. The number of aryl methyl sites for hydroxylation is 1. The molecule has 0 saturated carbocycles. The molecular weight excluding hydrogens is 286 g/mol. The minimum Gasteiger partial charge on any atom is -1.00 e. The molecule has 0 aromatic heterocycles. The van der Waals surface area contributed by atoms with Gasteiger partial charge in [-0.05, 0) is 35.2 Å². The zero-order valence-corrected chi connectivity index (χ0v) is 12.3. The molecule has 0 spiro atoms. The SMILES string of the molecule is Oc1cc2c(cc1O)[C@H]1c3ccccc3C[NH2+][C@@H]1CC2.[Cl-]. The van der Waals surface area contributed by atoms with Crippen molar-refractivity contribution >= 4 is 0 Å². The number of hydrogen-bond acceptors (Lipinski definition) is 2. The summed E-state index contributed by atoms with van der Waals surface area (Å²) < 4.78 is 0. The predicted molar refractivity (Wildman–Crippen MR) is 75.8 cm³/mol. The number of phenolic OH excluding ortho intramolecular Hbond substituents is 2. The molecule has 1 aliphatic heterocycles. The molecule has 21 heavy (non-hydrogen) atoms. The molecule has 0 unspecified atom stereocenters. The minimum absolute atomic E-state index is 0. The largest absolute Gasteiger partial charge is 1.00 e. The van der Waals surface area contributed by atoms with Crippen LogP contribution in [0.15, 0.2) is 36.4 Å². The standard InChI is InChI=1S/C17H17NO2.ClH/c19-15-7-10-5-6-14-17(13(10)8-16(15)20)12-4-2-1-3-11(12)9-18-14;/h1-4,7-8,14,17-20H,5-6,9H2;1H/t14-,17-;/m1./s1. The Morgan fingerprint density at radius 3 is 2.57 bits per heavy atom. The Morgan fingerprint density at radius 1 is 0.952 bits per heavy atom. The van der Waals surface area contributed by atoms with Crippen molar-refractivity contribution in [1.29, 1.82) is 0 Å². The average Bonchev–Trinajstić information content (AvgIpc) is 2.48. The van der Waals surface area contributed by atoms with E-state index in [1.807, 2.05) is 0 Å².